The quantitative estimate of drug-likeness (QED) is 0.722. The van der Waals surface area contributed by atoms with Crippen LogP contribution in [-0.2, 0) is 9.47 Å². The van der Waals surface area contributed by atoms with Gasteiger partial charge in [-0.05, 0) is 52.7 Å². The molecular formula is C22H29N3O4. The molecule has 0 aliphatic carbocycles. The third kappa shape index (κ3) is 4.96. The molecule has 1 saturated heterocycles. The van der Waals surface area contributed by atoms with Crippen molar-refractivity contribution in [3.63, 3.8) is 0 Å². The highest BCUT2D eigenvalue weighted by Gasteiger charge is 2.32. The lowest BCUT2D eigenvalue weighted by Crippen LogP contribution is -2.41. The maximum absolute atomic E-state index is 12.5. The standard InChI is InChI=1S/C22H29N3O4/c1-5-28-20(26)18-15-23-25(17-9-7-6-8-10-17)19(18)16-11-13-24(14-12-16)21(27)29-22(2,3)4/h6-10,15-16H,5,11-14H2,1-4H3. The van der Waals surface area contributed by atoms with E-state index in [1.165, 1.54) is 0 Å². The van der Waals surface area contributed by atoms with Gasteiger partial charge < -0.3 is 14.4 Å². The molecule has 1 aromatic carbocycles. The van der Waals surface area contributed by atoms with Crippen LogP contribution in [0.1, 0.15) is 62.5 Å². The van der Waals surface area contributed by atoms with Crippen LogP contribution >= 0.6 is 0 Å². The Hall–Kier alpha value is -2.83. The molecule has 0 spiro atoms. The molecule has 0 atom stereocenters. The third-order valence-electron chi connectivity index (χ3n) is 4.84. The molecule has 7 heteroatoms. The lowest BCUT2D eigenvalue weighted by Gasteiger charge is -2.33. The van der Waals surface area contributed by atoms with Gasteiger partial charge in [-0.25, -0.2) is 14.3 Å². The van der Waals surface area contributed by atoms with Gasteiger partial charge in [-0.1, -0.05) is 18.2 Å². The predicted octanol–water partition coefficient (Wildman–Crippen LogP) is 4.16. The fourth-order valence-electron chi connectivity index (χ4n) is 3.55. The highest BCUT2D eigenvalue weighted by atomic mass is 16.6. The van der Waals surface area contributed by atoms with Crippen molar-refractivity contribution in [2.45, 2.75) is 52.1 Å². The Morgan fingerprint density at radius 1 is 1.14 bits per heavy atom. The zero-order valence-electron chi connectivity index (χ0n) is 17.6. The number of hydrogen-bond donors (Lipinski definition) is 0. The first-order valence-corrected chi connectivity index (χ1v) is 10.1. The average Bonchev–Trinajstić information content (AvgIpc) is 3.13. The third-order valence-corrected chi connectivity index (χ3v) is 4.84. The lowest BCUT2D eigenvalue weighted by atomic mass is 9.91. The molecule has 1 aromatic heterocycles. The molecule has 1 aliphatic heterocycles. The Morgan fingerprint density at radius 2 is 1.79 bits per heavy atom. The number of para-hydroxylation sites is 1. The average molecular weight is 399 g/mol. The molecule has 1 fully saturated rings. The highest BCUT2D eigenvalue weighted by Crippen LogP contribution is 2.33. The molecule has 3 rings (SSSR count). The molecule has 0 unspecified atom stereocenters. The number of aromatic nitrogens is 2. The Bertz CT molecular complexity index is 847. The minimum atomic E-state index is -0.517. The van der Waals surface area contributed by atoms with E-state index in [2.05, 4.69) is 5.10 Å². The Morgan fingerprint density at radius 3 is 2.38 bits per heavy atom. The van der Waals surface area contributed by atoms with Crippen molar-refractivity contribution in [1.29, 1.82) is 0 Å². The molecule has 0 radical (unpaired) electrons. The van der Waals surface area contributed by atoms with Gasteiger partial charge in [0.1, 0.15) is 11.2 Å². The number of amides is 1. The summed E-state index contributed by atoms with van der Waals surface area (Å²) < 4.78 is 12.6. The first-order chi connectivity index (χ1) is 13.8. The van der Waals surface area contributed by atoms with Gasteiger partial charge in [0.2, 0.25) is 0 Å². The molecule has 7 nitrogen and oxygen atoms in total. The number of carbonyl (C=O) groups is 2. The number of rotatable bonds is 4. The van der Waals surface area contributed by atoms with Crippen molar-refractivity contribution in [3.8, 4) is 5.69 Å². The summed E-state index contributed by atoms with van der Waals surface area (Å²) in [6.07, 6.45) is 2.74. The van der Waals surface area contributed by atoms with Crippen LogP contribution in [0.25, 0.3) is 5.69 Å². The van der Waals surface area contributed by atoms with Gasteiger partial charge in [-0.2, -0.15) is 5.10 Å². The van der Waals surface area contributed by atoms with E-state index < -0.39 is 5.60 Å². The van der Waals surface area contributed by atoms with Gasteiger partial charge in [-0.15, -0.1) is 0 Å². The number of nitrogens with zero attached hydrogens (tertiary/aromatic N) is 3. The second-order valence-electron chi connectivity index (χ2n) is 8.15. The van der Waals surface area contributed by atoms with Crippen molar-refractivity contribution in [2.75, 3.05) is 19.7 Å². The van der Waals surface area contributed by atoms with Gasteiger partial charge in [0, 0.05) is 19.0 Å². The van der Waals surface area contributed by atoms with Crippen molar-refractivity contribution < 1.29 is 19.1 Å². The number of carbonyl (C=O) groups excluding carboxylic acids is 2. The van der Waals surface area contributed by atoms with E-state index >= 15 is 0 Å². The Kier molecular flexibility index (Phi) is 6.25. The van der Waals surface area contributed by atoms with Gasteiger partial charge in [0.25, 0.3) is 0 Å². The van der Waals surface area contributed by atoms with E-state index in [4.69, 9.17) is 9.47 Å². The minimum Gasteiger partial charge on any atom is -0.462 e. The number of likely N-dealkylation sites (tertiary alicyclic amines) is 1. The maximum atomic E-state index is 12.5. The second-order valence-corrected chi connectivity index (χ2v) is 8.15. The van der Waals surface area contributed by atoms with Gasteiger partial charge in [0.05, 0.1) is 24.2 Å². The zero-order chi connectivity index (χ0) is 21.0. The molecule has 1 aliphatic rings. The summed E-state index contributed by atoms with van der Waals surface area (Å²) in [5.74, 6) is -0.268. The van der Waals surface area contributed by atoms with Crippen LogP contribution in [0.15, 0.2) is 36.5 Å². The van der Waals surface area contributed by atoms with E-state index in [1.807, 2.05) is 55.8 Å². The highest BCUT2D eigenvalue weighted by molar-refractivity contribution is 5.90. The topological polar surface area (TPSA) is 73.7 Å². The monoisotopic (exact) mass is 399 g/mol. The molecular weight excluding hydrogens is 370 g/mol. The summed E-state index contributed by atoms with van der Waals surface area (Å²) in [4.78, 5) is 26.6. The van der Waals surface area contributed by atoms with Crippen LogP contribution in [0.3, 0.4) is 0 Å². The first kappa shape index (κ1) is 20.9. The molecule has 1 amide bonds. The van der Waals surface area contributed by atoms with Crippen LogP contribution in [0.4, 0.5) is 4.79 Å². The van der Waals surface area contributed by atoms with E-state index in [0.717, 1.165) is 24.2 Å². The summed E-state index contributed by atoms with van der Waals surface area (Å²) in [5.41, 5.74) is 1.72. The summed E-state index contributed by atoms with van der Waals surface area (Å²) in [6.45, 7) is 8.83. The van der Waals surface area contributed by atoms with E-state index in [-0.39, 0.29) is 18.0 Å². The fourth-order valence-corrected chi connectivity index (χ4v) is 3.55. The number of piperidine rings is 1. The van der Waals surface area contributed by atoms with Crippen molar-refractivity contribution in [2.24, 2.45) is 0 Å². The number of esters is 1. The first-order valence-electron chi connectivity index (χ1n) is 10.1. The number of hydrogen-bond acceptors (Lipinski definition) is 5. The van der Waals surface area contributed by atoms with E-state index in [1.54, 1.807) is 18.0 Å². The molecule has 0 saturated carbocycles. The van der Waals surface area contributed by atoms with Crippen LogP contribution in [0.5, 0.6) is 0 Å². The van der Waals surface area contributed by atoms with Crippen molar-refractivity contribution in [3.05, 3.63) is 47.8 Å². The van der Waals surface area contributed by atoms with E-state index in [0.29, 0.717) is 25.3 Å². The smallest absolute Gasteiger partial charge is 0.410 e. The predicted molar refractivity (Wildman–Crippen MR) is 109 cm³/mol. The molecule has 29 heavy (non-hydrogen) atoms. The largest absolute Gasteiger partial charge is 0.462 e. The molecule has 156 valence electrons. The fraction of sp³-hybridized carbons (Fsp3) is 0.500. The van der Waals surface area contributed by atoms with Gasteiger partial charge in [-0.3, -0.25) is 0 Å². The van der Waals surface area contributed by atoms with E-state index in [9.17, 15) is 9.59 Å². The summed E-state index contributed by atoms with van der Waals surface area (Å²) >= 11 is 0. The number of ether oxygens (including phenoxy) is 2. The van der Waals surface area contributed by atoms with Crippen LogP contribution in [0, 0.1) is 0 Å². The van der Waals surface area contributed by atoms with Crippen molar-refractivity contribution >= 4 is 12.1 Å². The second kappa shape index (κ2) is 8.68. The summed E-state index contributed by atoms with van der Waals surface area (Å²) in [7, 11) is 0. The maximum Gasteiger partial charge on any atom is 0.410 e. The molecule has 2 aromatic rings. The van der Waals surface area contributed by atoms with Crippen molar-refractivity contribution in [1.82, 2.24) is 14.7 Å². The summed E-state index contributed by atoms with van der Waals surface area (Å²) in [5, 5.41) is 4.48. The number of benzene rings is 1. The molecule has 2 heterocycles. The van der Waals surface area contributed by atoms with Gasteiger partial charge >= 0.3 is 12.1 Å². The SMILES string of the molecule is CCOC(=O)c1cnn(-c2ccccc2)c1C1CCN(C(=O)OC(C)(C)C)CC1. The van der Waals surface area contributed by atoms with Crippen LogP contribution < -0.4 is 0 Å². The Labute approximate surface area is 171 Å². The normalized spacial score (nSPS) is 15.2. The minimum absolute atomic E-state index is 0.0933. The van der Waals surface area contributed by atoms with Crippen LogP contribution in [0.2, 0.25) is 0 Å². The zero-order valence-corrected chi connectivity index (χ0v) is 17.6. The molecule has 0 N–H and O–H groups in total. The molecule has 0 bridgehead atoms. The van der Waals surface area contributed by atoms with Crippen LogP contribution in [-0.4, -0.2) is 52.0 Å². The van der Waals surface area contributed by atoms with Gasteiger partial charge in [0.15, 0.2) is 0 Å². The Balaban J connectivity index is 1.83. The lowest BCUT2D eigenvalue weighted by molar-refractivity contribution is 0.0202. The summed E-state index contributed by atoms with van der Waals surface area (Å²) in [6, 6.07) is 9.74.